The molecule has 0 aromatic heterocycles. The summed E-state index contributed by atoms with van der Waals surface area (Å²) in [6.45, 7) is -2.92. The smallest absolute Gasteiger partial charge is 0.304 e. The molecule has 0 aromatic carbocycles. The molecule has 0 saturated carbocycles. The molecule has 0 aliphatic heterocycles. The first-order valence-electron chi connectivity index (χ1n) is 1.53. The molecule has 0 heterocycles. The molecule has 0 bridgehead atoms. The molecule has 0 saturated heterocycles. The Morgan fingerprint density at radius 3 is 2.29 bits per heavy atom. The van der Waals surface area contributed by atoms with E-state index in [1.54, 1.807) is 0 Å². The molecule has 0 amide bonds. The summed E-state index contributed by atoms with van der Waals surface area (Å²) in [7, 11) is 1.26. The summed E-state index contributed by atoms with van der Waals surface area (Å²) in [4.78, 5) is 0. The third-order valence-electron chi connectivity index (χ3n) is 0.415. The minimum atomic E-state index is -2.92. The fourth-order valence-corrected chi connectivity index (χ4v) is 0.439. The van der Waals surface area contributed by atoms with Crippen LogP contribution >= 0.6 is 29.6 Å². The van der Waals surface area contributed by atoms with Crippen LogP contribution in [-0.4, -0.2) is 12.7 Å². The highest BCUT2D eigenvalue weighted by molar-refractivity contribution is 7.86. The molecular formula is C2H5Cl2O2P. The van der Waals surface area contributed by atoms with Gasteiger partial charge in [0, 0.05) is 7.11 Å². The molecule has 0 rings (SSSR count). The van der Waals surface area contributed by atoms with E-state index in [0.29, 0.717) is 0 Å². The Morgan fingerprint density at radius 2 is 2.29 bits per heavy atom. The van der Waals surface area contributed by atoms with Gasteiger partial charge in [-0.25, -0.2) is 0 Å². The Balaban J connectivity index is 3.61. The summed E-state index contributed by atoms with van der Waals surface area (Å²) in [6, 6.07) is 0. The molecule has 44 valence electrons. The van der Waals surface area contributed by atoms with E-state index in [1.807, 2.05) is 0 Å². The van der Waals surface area contributed by atoms with E-state index in [4.69, 9.17) is 22.8 Å². The lowest BCUT2D eigenvalue weighted by molar-refractivity contribution is 0.412. The van der Waals surface area contributed by atoms with Crippen LogP contribution in [0.3, 0.4) is 0 Å². The molecule has 2 nitrogen and oxygen atoms in total. The molecule has 1 unspecified atom stereocenters. The third-order valence-corrected chi connectivity index (χ3v) is 3.33. The third kappa shape index (κ3) is 3.36. The zero-order valence-corrected chi connectivity index (χ0v) is 6.13. The molecule has 0 spiro atoms. The van der Waals surface area contributed by atoms with Crippen molar-refractivity contribution in [1.29, 1.82) is 0 Å². The largest absolute Gasteiger partial charge is 0.320 e. The van der Waals surface area contributed by atoms with Crippen LogP contribution in [0, 0.1) is 0 Å². The van der Waals surface area contributed by atoms with E-state index < -0.39 is 6.72 Å². The van der Waals surface area contributed by atoms with Gasteiger partial charge in [0.2, 0.25) is 0 Å². The van der Waals surface area contributed by atoms with E-state index in [2.05, 4.69) is 4.52 Å². The van der Waals surface area contributed by atoms with Crippen molar-refractivity contribution in [3.8, 4) is 0 Å². The highest BCUT2D eigenvalue weighted by Crippen LogP contribution is 2.52. The minimum Gasteiger partial charge on any atom is -0.320 e. The van der Waals surface area contributed by atoms with Crippen LogP contribution in [0.5, 0.6) is 0 Å². The number of rotatable bonds is 2. The number of alkyl halides is 1. The summed E-state index contributed by atoms with van der Waals surface area (Å²) < 4.78 is 14.6. The Kier molecular flexibility index (Phi) is 3.25. The summed E-state index contributed by atoms with van der Waals surface area (Å²) in [6.07, 6.45) is 0. The Bertz CT molecular complexity index is 85.7. The number of hydrogen-bond donors (Lipinski definition) is 0. The van der Waals surface area contributed by atoms with Crippen molar-refractivity contribution in [3.63, 3.8) is 0 Å². The van der Waals surface area contributed by atoms with Crippen molar-refractivity contribution in [1.82, 2.24) is 0 Å². The second-order valence-electron chi connectivity index (χ2n) is 0.892. The highest BCUT2D eigenvalue weighted by Gasteiger charge is 2.13. The lowest BCUT2D eigenvalue weighted by Crippen LogP contribution is -1.74. The van der Waals surface area contributed by atoms with Crippen molar-refractivity contribution in [2.75, 3.05) is 12.7 Å². The van der Waals surface area contributed by atoms with Crippen molar-refractivity contribution >= 4 is 29.6 Å². The molecule has 0 aliphatic carbocycles. The van der Waals surface area contributed by atoms with Gasteiger partial charge in [-0.2, -0.15) is 0 Å². The van der Waals surface area contributed by atoms with Gasteiger partial charge < -0.3 is 4.52 Å². The maximum atomic E-state index is 10.4. The first kappa shape index (κ1) is 7.77. The van der Waals surface area contributed by atoms with Crippen molar-refractivity contribution in [2.45, 2.75) is 0 Å². The first-order valence-corrected chi connectivity index (χ1v) is 4.78. The van der Waals surface area contributed by atoms with Crippen molar-refractivity contribution < 1.29 is 9.09 Å². The quantitative estimate of drug-likeness (QED) is 0.460. The zero-order chi connectivity index (χ0) is 5.91. The summed E-state index contributed by atoms with van der Waals surface area (Å²) in [5.41, 5.74) is -0.134. The normalized spacial score (nSPS) is 18.7. The number of hydrogen-bond acceptors (Lipinski definition) is 2. The van der Waals surface area contributed by atoms with Crippen molar-refractivity contribution in [3.05, 3.63) is 0 Å². The van der Waals surface area contributed by atoms with Gasteiger partial charge in [0.25, 0.3) is 0 Å². The molecule has 0 aliphatic rings. The Morgan fingerprint density at radius 1 is 1.86 bits per heavy atom. The van der Waals surface area contributed by atoms with Crippen LogP contribution in [0.4, 0.5) is 0 Å². The van der Waals surface area contributed by atoms with Gasteiger partial charge in [-0.05, 0) is 11.2 Å². The summed E-state index contributed by atoms with van der Waals surface area (Å²) in [5, 5.41) is 0. The van der Waals surface area contributed by atoms with E-state index in [9.17, 15) is 4.57 Å². The monoisotopic (exact) mass is 162 g/mol. The average Bonchev–Trinajstić information content (AvgIpc) is 1.68. The summed E-state index contributed by atoms with van der Waals surface area (Å²) >= 11 is 10.2. The lowest BCUT2D eigenvalue weighted by Gasteiger charge is -1.99. The zero-order valence-electron chi connectivity index (χ0n) is 3.73. The van der Waals surface area contributed by atoms with Crippen LogP contribution in [0.25, 0.3) is 0 Å². The maximum absolute atomic E-state index is 10.4. The molecule has 0 fully saturated rings. The first-order chi connectivity index (χ1) is 3.12. The second-order valence-corrected chi connectivity index (χ2v) is 4.94. The fourth-order valence-electron chi connectivity index (χ4n) is 0.0488. The topological polar surface area (TPSA) is 26.3 Å². The van der Waals surface area contributed by atoms with Gasteiger partial charge in [-0.3, -0.25) is 4.57 Å². The van der Waals surface area contributed by atoms with Gasteiger partial charge >= 0.3 is 6.72 Å². The van der Waals surface area contributed by atoms with E-state index >= 15 is 0 Å². The van der Waals surface area contributed by atoms with E-state index in [-0.39, 0.29) is 5.62 Å². The van der Waals surface area contributed by atoms with Gasteiger partial charge in [-0.15, -0.1) is 11.6 Å². The van der Waals surface area contributed by atoms with E-state index in [1.165, 1.54) is 7.11 Å². The minimum absolute atomic E-state index is 0.134. The predicted octanol–water partition coefficient (Wildman–Crippen LogP) is 2.26. The lowest BCUT2D eigenvalue weighted by atomic mass is 11.8. The molecule has 0 N–H and O–H groups in total. The molecule has 7 heavy (non-hydrogen) atoms. The molecule has 0 aromatic rings. The van der Waals surface area contributed by atoms with Crippen LogP contribution in [0.2, 0.25) is 0 Å². The maximum Gasteiger partial charge on any atom is 0.304 e. The van der Waals surface area contributed by atoms with Crippen LogP contribution < -0.4 is 0 Å². The fraction of sp³-hybridized carbons (Fsp3) is 1.00. The van der Waals surface area contributed by atoms with Gasteiger partial charge in [0.1, 0.15) is 5.62 Å². The van der Waals surface area contributed by atoms with Gasteiger partial charge in [-0.1, -0.05) is 0 Å². The average molecular weight is 163 g/mol. The Hall–Kier alpha value is 0.770. The standard InChI is InChI=1S/C2H5Cl2O2P/c1-6-7(4,5)2-3/h2H2,1H3. The molecular weight excluding hydrogens is 158 g/mol. The Labute approximate surface area is 52.0 Å². The predicted molar refractivity (Wildman–Crippen MR) is 31.2 cm³/mol. The van der Waals surface area contributed by atoms with Gasteiger partial charge in [0.05, 0.1) is 0 Å². The van der Waals surface area contributed by atoms with Crippen LogP contribution in [-0.2, 0) is 9.09 Å². The molecule has 0 radical (unpaired) electrons. The summed E-state index contributed by atoms with van der Waals surface area (Å²) in [5.74, 6) is 0. The van der Waals surface area contributed by atoms with E-state index in [0.717, 1.165) is 0 Å². The van der Waals surface area contributed by atoms with Crippen molar-refractivity contribution in [2.24, 2.45) is 0 Å². The SMILES string of the molecule is COP(=O)(Cl)CCl. The van der Waals surface area contributed by atoms with Crippen LogP contribution in [0.15, 0.2) is 0 Å². The van der Waals surface area contributed by atoms with Gasteiger partial charge in [0.15, 0.2) is 0 Å². The second kappa shape index (κ2) is 2.93. The van der Waals surface area contributed by atoms with Crippen LogP contribution in [0.1, 0.15) is 0 Å². The highest BCUT2D eigenvalue weighted by atomic mass is 35.7. The number of halogens is 2. The molecule has 5 heteroatoms. The molecule has 1 atom stereocenters.